The third-order valence-electron chi connectivity index (χ3n) is 3.80. The van der Waals surface area contributed by atoms with E-state index in [9.17, 15) is 13.9 Å². The number of hydrogen-bond acceptors (Lipinski definition) is 2. The maximum absolute atomic E-state index is 13.1. The van der Waals surface area contributed by atoms with E-state index in [-0.39, 0.29) is 0 Å². The van der Waals surface area contributed by atoms with E-state index in [2.05, 4.69) is 24.4 Å². The van der Waals surface area contributed by atoms with Gasteiger partial charge in [0.25, 0.3) is 0 Å². The van der Waals surface area contributed by atoms with Crippen LogP contribution >= 0.6 is 0 Å². The molecule has 0 fully saturated rings. The van der Waals surface area contributed by atoms with E-state index in [1.807, 2.05) is 12.1 Å². The summed E-state index contributed by atoms with van der Waals surface area (Å²) in [5.74, 6) is -1.16. The highest BCUT2D eigenvalue weighted by Gasteiger charge is 2.06. The van der Waals surface area contributed by atoms with Crippen molar-refractivity contribution in [2.45, 2.75) is 38.8 Å². The smallest absolute Gasteiger partial charge is 0.126 e. The Balaban J connectivity index is 1.73. The largest absolute Gasteiger partial charge is 0.392 e. The lowest BCUT2D eigenvalue weighted by Crippen LogP contribution is -2.26. The van der Waals surface area contributed by atoms with Gasteiger partial charge in [-0.25, -0.2) is 8.78 Å². The van der Waals surface area contributed by atoms with E-state index in [4.69, 9.17) is 0 Å². The summed E-state index contributed by atoms with van der Waals surface area (Å²) in [6, 6.07) is 11.8. The lowest BCUT2D eigenvalue weighted by molar-refractivity contribution is 0.161. The number of aliphatic hydroxyl groups is 1. The van der Waals surface area contributed by atoms with Crippen LogP contribution in [0.25, 0.3) is 0 Å². The molecule has 0 saturated carbocycles. The second kappa shape index (κ2) is 8.75. The number of nitrogens with one attached hydrogen (secondary N) is 1. The Morgan fingerprint density at radius 1 is 1.00 bits per heavy atom. The molecule has 0 spiro atoms. The molecule has 0 bridgehead atoms. The summed E-state index contributed by atoms with van der Waals surface area (Å²) in [5, 5.41) is 13.2. The fourth-order valence-corrected chi connectivity index (χ4v) is 2.53. The highest BCUT2D eigenvalue weighted by atomic mass is 19.1. The van der Waals surface area contributed by atoms with Crippen LogP contribution in [0.3, 0.4) is 0 Å². The first-order chi connectivity index (χ1) is 11.1. The molecule has 0 aliphatic carbocycles. The summed E-state index contributed by atoms with van der Waals surface area (Å²) in [5.41, 5.74) is 3.04. The number of rotatable bonds is 8. The molecule has 0 unspecified atom stereocenters. The van der Waals surface area contributed by atoms with Crippen LogP contribution in [0.4, 0.5) is 8.78 Å². The van der Waals surface area contributed by atoms with Crippen molar-refractivity contribution in [2.75, 3.05) is 6.54 Å². The Morgan fingerprint density at radius 3 is 2.39 bits per heavy atom. The molecule has 0 saturated heterocycles. The average molecular weight is 319 g/mol. The molecule has 0 radical (unpaired) electrons. The zero-order valence-corrected chi connectivity index (χ0v) is 13.4. The van der Waals surface area contributed by atoms with Gasteiger partial charge in [0, 0.05) is 19.2 Å². The van der Waals surface area contributed by atoms with Crippen LogP contribution in [-0.4, -0.2) is 17.8 Å². The normalized spacial score (nSPS) is 12.3. The summed E-state index contributed by atoms with van der Waals surface area (Å²) in [6.45, 7) is 3.26. The average Bonchev–Trinajstić information content (AvgIpc) is 2.52. The van der Waals surface area contributed by atoms with Gasteiger partial charge in [-0.2, -0.15) is 0 Å². The quantitative estimate of drug-likeness (QED) is 0.779. The standard InChI is InChI=1S/C19H23F2NO/c1-2-14-4-3-5-16(8-14)12-22-13-19(23)7-6-15-9-17(20)11-18(21)10-15/h3-5,8-11,19,22-23H,2,6-7,12-13H2,1H3/t19-/m1/s1. The van der Waals surface area contributed by atoms with Gasteiger partial charge in [-0.3, -0.25) is 0 Å². The predicted molar refractivity (Wildman–Crippen MR) is 88.2 cm³/mol. The number of benzene rings is 2. The molecule has 0 amide bonds. The van der Waals surface area contributed by atoms with Gasteiger partial charge < -0.3 is 10.4 Å². The lowest BCUT2D eigenvalue weighted by Gasteiger charge is -2.12. The van der Waals surface area contributed by atoms with Crippen molar-refractivity contribution in [3.63, 3.8) is 0 Å². The second-order valence-corrected chi connectivity index (χ2v) is 5.77. The van der Waals surface area contributed by atoms with Crippen molar-refractivity contribution in [1.29, 1.82) is 0 Å². The Bertz CT molecular complexity index is 610. The fourth-order valence-electron chi connectivity index (χ4n) is 2.53. The van der Waals surface area contributed by atoms with Crippen LogP contribution in [0.2, 0.25) is 0 Å². The van der Waals surface area contributed by atoms with Crippen LogP contribution in [0.15, 0.2) is 42.5 Å². The van der Waals surface area contributed by atoms with Gasteiger partial charge in [0.1, 0.15) is 11.6 Å². The third-order valence-corrected chi connectivity index (χ3v) is 3.80. The predicted octanol–water partition coefficient (Wildman–Crippen LogP) is 3.61. The first-order valence-corrected chi connectivity index (χ1v) is 7.98. The Morgan fingerprint density at radius 2 is 1.70 bits per heavy atom. The van der Waals surface area contributed by atoms with Gasteiger partial charge in [0.05, 0.1) is 6.10 Å². The molecule has 23 heavy (non-hydrogen) atoms. The van der Waals surface area contributed by atoms with Gasteiger partial charge in [-0.05, 0) is 48.1 Å². The molecule has 2 rings (SSSR count). The first-order valence-electron chi connectivity index (χ1n) is 7.98. The topological polar surface area (TPSA) is 32.3 Å². The molecule has 2 aromatic carbocycles. The van der Waals surface area contributed by atoms with Gasteiger partial charge in [0.2, 0.25) is 0 Å². The minimum atomic E-state index is -0.580. The van der Waals surface area contributed by atoms with Crippen LogP contribution in [0.5, 0.6) is 0 Å². The lowest BCUT2D eigenvalue weighted by atomic mass is 10.1. The molecule has 2 aromatic rings. The number of hydrogen-bond donors (Lipinski definition) is 2. The Kier molecular flexibility index (Phi) is 6.68. The van der Waals surface area contributed by atoms with Crippen molar-refractivity contribution >= 4 is 0 Å². The fraction of sp³-hybridized carbons (Fsp3) is 0.368. The van der Waals surface area contributed by atoms with Crippen molar-refractivity contribution in [2.24, 2.45) is 0 Å². The van der Waals surface area contributed by atoms with Crippen molar-refractivity contribution in [3.8, 4) is 0 Å². The Labute approximate surface area is 136 Å². The molecular weight excluding hydrogens is 296 g/mol. The van der Waals surface area contributed by atoms with Crippen LogP contribution in [0.1, 0.15) is 30.0 Å². The summed E-state index contributed by atoms with van der Waals surface area (Å²) < 4.78 is 26.2. The van der Waals surface area contributed by atoms with Crippen LogP contribution < -0.4 is 5.32 Å². The van der Waals surface area contributed by atoms with Crippen LogP contribution in [0, 0.1) is 11.6 Å². The zero-order chi connectivity index (χ0) is 16.7. The molecule has 0 aliphatic heterocycles. The number of halogens is 2. The third kappa shape index (κ3) is 6.08. The van der Waals surface area contributed by atoms with E-state index in [1.54, 1.807) is 0 Å². The second-order valence-electron chi connectivity index (χ2n) is 5.77. The molecule has 124 valence electrons. The summed E-state index contributed by atoms with van der Waals surface area (Å²) in [6.07, 6.45) is 1.37. The molecule has 4 heteroatoms. The van der Waals surface area contributed by atoms with Crippen molar-refractivity contribution in [1.82, 2.24) is 5.32 Å². The Hall–Kier alpha value is -1.78. The highest BCUT2D eigenvalue weighted by Crippen LogP contribution is 2.11. The molecule has 0 aromatic heterocycles. The molecule has 2 nitrogen and oxygen atoms in total. The number of aliphatic hydroxyl groups excluding tert-OH is 1. The van der Waals surface area contributed by atoms with Crippen molar-refractivity contribution < 1.29 is 13.9 Å². The van der Waals surface area contributed by atoms with E-state index < -0.39 is 17.7 Å². The minimum absolute atomic E-state index is 0.447. The van der Waals surface area contributed by atoms with Gasteiger partial charge >= 0.3 is 0 Å². The van der Waals surface area contributed by atoms with E-state index >= 15 is 0 Å². The summed E-state index contributed by atoms with van der Waals surface area (Å²) in [4.78, 5) is 0. The summed E-state index contributed by atoms with van der Waals surface area (Å²) >= 11 is 0. The van der Waals surface area contributed by atoms with E-state index in [0.717, 1.165) is 12.5 Å². The molecule has 2 N–H and O–H groups in total. The maximum atomic E-state index is 13.1. The monoisotopic (exact) mass is 319 g/mol. The molecule has 1 atom stereocenters. The SMILES string of the molecule is CCc1cccc(CNC[C@H](O)CCc2cc(F)cc(F)c2)c1. The molecule has 0 heterocycles. The molecular formula is C19H23F2NO. The van der Waals surface area contributed by atoms with Gasteiger partial charge in [-0.1, -0.05) is 31.2 Å². The maximum Gasteiger partial charge on any atom is 0.126 e. The van der Waals surface area contributed by atoms with Crippen LogP contribution in [-0.2, 0) is 19.4 Å². The number of aryl methyl sites for hydroxylation is 2. The highest BCUT2D eigenvalue weighted by molar-refractivity contribution is 5.23. The first kappa shape index (κ1) is 17.6. The van der Waals surface area contributed by atoms with E-state index in [0.29, 0.717) is 31.5 Å². The van der Waals surface area contributed by atoms with Gasteiger partial charge in [-0.15, -0.1) is 0 Å². The minimum Gasteiger partial charge on any atom is -0.392 e. The van der Waals surface area contributed by atoms with E-state index in [1.165, 1.54) is 23.3 Å². The molecule has 0 aliphatic rings. The van der Waals surface area contributed by atoms with Crippen molar-refractivity contribution in [3.05, 3.63) is 70.8 Å². The van der Waals surface area contributed by atoms with Gasteiger partial charge in [0.15, 0.2) is 0 Å². The zero-order valence-electron chi connectivity index (χ0n) is 13.4. The summed E-state index contributed by atoms with van der Waals surface area (Å²) in [7, 11) is 0.